The lowest BCUT2D eigenvalue weighted by molar-refractivity contribution is -0.0578. The van der Waals surface area contributed by atoms with Crippen LogP contribution in [0.1, 0.15) is 79.6 Å². The van der Waals surface area contributed by atoms with Crippen molar-refractivity contribution in [3.63, 3.8) is 0 Å². The molecule has 0 aromatic heterocycles. The van der Waals surface area contributed by atoms with Crippen molar-refractivity contribution < 1.29 is 4.74 Å². The maximum absolute atomic E-state index is 6.40. The average molecular weight is 301 g/mol. The molecule has 0 N–H and O–H groups in total. The molecule has 1 aliphatic rings. The average Bonchev–Trinajstić information content (AvgIpc) is 2.34. The van der Waals surface area contributed by atoms with Gasteiger partial charge >= 0.3 is 0 Å². The summed E-state index contributed by atoms with van der Waals surface area (Å²) in [6.07, 6.45) is 9.22. The summed E-state index contributed by atoms with van der Waals surface area (Å²) in [5.41, 5.74) is 0.749. The third-order valence-electron chi connectivity index (χ3n) is 4.87. The van der Waals surface area contributed by atoms with E-state index in [9.17, 15) is 0 Å². The van der Waals surface area contributed by atoms with Crippen LogP contribution in [0.15, 0.2) is 0 Å². The highest BCUT2D eigenvalue weighted by molar-refractivity contribution is 7.80. The Morgan fingerprint density at radius 2 is 1.75 bits per heavy atom. The predicted molar refractivity (Wildman–Crippen MR) is 92.6 cm³/mol. The Hall–Kier alpha value is 0.310. The molecule has 120 valence electrons. The Balaban J connectivity index is 2.57. The van der Waals surface area contributed by atoms with Gasteiger partial charge in [0.2, 0.25) is 0 Å². The summed E-state index contributed by atoms with van der Waals surface area (Å²) in [4.78, 5) is 0. The molecule has 0 aliphatic heterocycles. The van der Waals surface area contributed by atoms with Gasteiger partial charge in [-0.3, -0.25) is 0 Å². The van der Waals surface area contributed by atoms with Crippen LogP contribution in [-0.2, 0) is 4.74 Å². The summed E-state index contributed by atoms with van der Waals surface area (Å²) in [6, 6.07) is 0. The van der Waals surface area contributed by atoms with Gasteiger partial charge in [0.1, 0.15) is 0 Å². The van der Waals surface area contributed by atoms with E-state index in [-0.39, 0.29) is 0 Å². The normalized spacial score (nSPS) is 26.7. The molecule has 0 aromatic rings. The molecule has 2 unspecified atom stereocenters. The first-order chi connectivity index (χ1) is 9.36. The highest BCUT2D eigenvalue weighted by Gasteiger charge is 2.34. The molecule has 0 aromatic carbocycles. The molecule has 0 amide bonds. The van der Waals surface area contributed by atoms with Gasteiger partial charge in [-0.15, -0.1) is 0 Å². The largest absolute Gasteiger partial charge is 0.378 e. The van der Waals surface area contributed by atoms with E-state index >= 15 is 0 Å². The Morgan fingerprint density at radius 3 is 2.20 bits per heavy atom. The zero-order valence-electron chi connectivity index (χ0n) is 14.4. The van der Waals surface area contributed by atoms with Crippen LogP contribution in [0.2, 0.25) is 0 Å². The number of ether oxygens (including phenoxy) is 1. The third-order valence-corrected chi connectivity index (χ3v) is 5.54. The van der Waals surface area contributed by atoms with E-state index in [2.05, 4.69) is 47.2 Å². The molecule has 1 saturated carbocycles. The summed E-state index contributed by atoms with van der Waals surface area (Å²) in [6.45, 7) is 12.6. The van der Waals surface area contributed by atoms with E-state index in [4.69, 9.17) is 4.74 Å². The van der Waals surface area contributed by atoms with Crippen molar-refractivity contribution in [2.45, 2.75) is 85.7 Å². The standard InChI is InChI=1S/C18H36OS/c1-6-8-18(14-20,9-7-2)13-19-16-10-15(3)11-17(4,5)12-16/h15-16,20H,6-14H2,1-5H3. The van der Waals surface area contributed by atoms with Gasteiger partial charge in [0.25, 0.3) is 0 Å². The van der Waals surface area contributed by atoms with Gasteiger partial charge in [0, 0.05) is 5.41 Å². The minimum Gasteiger partial charge on any atom is -0.378 e. The van der Waals surface area contributed by atoms with E-state index in [1.165, 1.54) is 44.9 Å². The monoisotopic (exact) mass is 300 g/mol. The predicted octanol–water partition coefficient (Wildman–Crippen LogP) is 5.73. The molecule has 0 bridgehead atoms. The van der Waals surface area contributed by atoms with Gasteiger partial charge in [-0.1, -0.05) is 47.5 Å². The maximum atomic E-state index is 6.40. The van der Waals surface area contributed by atoms with Crippen molar-refractivity contribution in [1.82, 2.24) is 0 Å². The summed E-state index contributed by atoms with van der Waals surface area (Å²) in [5, 5.41) is 0. The zero-order valence-corrected chi connectivity index (χ0v) is 15.3. The Morgan fingerprint density at radius 1 is 1.15 bits per heavy atom. The lowest BCUT2D eigenvalue weighted by atomic mass is 9.71. The quantitative estimate of drug-likeness (QED) is 0.563. The molecule has 2 heteroatoms. The van der Waals surface area contributed by atoms with Gasteiger partial charge in [0.05, 0.1) is 12.7 Å². The summed E-state index contributed by atoms with van der Waals surface area (Å²) >= 11 is 4.64. The van der Waals surface area contributed by atoms with Gasteiger partial charge in [-0.25, -0.2) is 0 Å². The maximum Gasteiger partial charge on any atom is 0.0583 e. The van der Waals surface area contributed by atoms with E-state index in [0.717, 1.165) is 18.3 Å². The summed E-state index contributed by atoms with van der Waals surface area (Å²) < 4.78 is 6.40. The fraction of sp³-hybridized carbons (Fsp3) is 1.00. The van der Waals surface area contributed by atoms with Crippen LogP contribution < -0.4 is 0 Å². The van der Waals surface area contributed by atoms with Crippen molar-refractivity contribution in [1.29, 1.82) is 0 Å². The van der Waals surface area contributed by atoms with Gasteiger partial charge in [0.15, 0.2) is 0 Å². The van der Waals surface area contributed by atoms with Crippen LogP contribution in [0.4, 0.5) is 0 Å². The van der Waals surface area contributed by atoms with E-state index < -0.39 is 0 Å². The summed E-state index contributed by atoms with van der Waals surface area (Å²) in [5.74, 6) is 1.76. The Bertz CT molecular complexity index is 269. The van der Waals surface area contributed by atoms with Crippen molar-refractivity contribution in [3.8, 4) is 0 Å². The number of hydrogen-bond acceptors (Lipinski definition) is 2. The smallest absolute Gasteiger partial charge is 0.0583 e. The molecule has 1 nitrogen and oxygen atoms in total. The van der Waals surface area contributed by atoms with E-state index in [1.807, 2.05) is 0 Å². The number of rotatable bonds is 8. The minimum absolute atomic E-state index is 0.303. The molecular formula is C18H36OS. The molecule has 0 heterocycles. The van der Waals surface area contributed by atoms with Gasteiger partial charge < -0.3 is 4.74 Å². The van der Waals surface area contributed by atoms with Crippen molar-refractivity contribution in [3.05, 3.63) is 0 Å². The van der Waals surface area contributed by atoms with Crippen LogP contribution in [0.25, 0.3) is 0 Å². The number of thiol groups is 1. The fourth-order valence-electron chi connectivity index (χ4n) is 4.21. The van der Waals surface area contributed by atoms with Crippen LogP contribution in [0, 0.1) is 16.7 Å². The third kappa shape index (κ3) is 5.60. The van der Waals surface area contributed by atoms with Crippen molar-refractivity contribution >= 4 is 12.6 Å². The molecule has 2 atom stereocenters. The van der Waals surface area contributed by atoms with Gasteiger partial charge in [-0.05, 0) is 49.2 Å². The minimum atomic E-state index is 0.303. The van der Waals surface area contributed by atoms with Crippen LogP contribution in [0.3, 0.4) is 0 Å². The van der Waals surface area contributed by atoms with Gasteiger partial charge in [-0.2, -0.15) is 12.6 Å². The van der Waals surface area contributed by atoms with Crippen LogP contribution >= 0.6 is 12.6 Å². The highest BCUT2D eigenvalue weighted by atomic mass is 32.1. The first-order valence-corrected chi connectivity index (χ1v) is 9.22. The zero-order chi connectivity index (χ0) is 15.2. The molecular weight excluding hydrogens is 264 g/mol. The van der Waals surface area contributed by atoms with E-state index in [1.54, 1.807) is 0 Å². The second kappa shape index (κ2) is 8.08. The lowest BCUT2D eigenvalue weighted by Gasteiger charge is -2.41. The second-order valence-electron chi connectivity index (χ2n) is 8.00. The molecule has 0 spiro atoms. The van der Waals surface area contributed by atoms with Crippen molar-refractivity contribution in [2.24, 2.45) is 16.7 Å². The molecule has 20 heavy (non-hydrogen) atoms. The topological polar surface area (TPSA) is 9.23 Å². The Labute approximate surface area is 132 Å². The molecule has 0 saturated heterocycles. The number of hydrogen-bond donors (Lipinski definition) is 1. The second-order valence-corrected chi connectivity index (χ2v) is 8.32. The van der Waals surface area contributed by atoms with Crippen LogP contribution in [0.5, 0.6) is 0 Å². The SMILES string of the molecule is CCCC(CS)(CCC)COC1CC(C)CC(C)(C)C1. The highest BCUT2D eigenvalue weighted by Crippen LogP contribution is 2.41. The van der Waals surface area contributed by atoms with Crippen molar-refractivity contribution in [2.75, 3.05) is 12.4 Å². The fourth-order valence-corrected chi connectivity index (χ4v) is 4.62. The molecule has 1 rings (SSSR count). The van der Waals surface area contributed by atoms with Crippen LogP contribution in [-0.4, -0.2) is 18.5 Å². The molecule has 1 fully saturated rings. The first kappa shape index (κ1) is 18.4. The van der Waals surface area contributed by atoms with E-state index in [0.29, 0.717) is 16.9 Å². The lowest BCUT2D eigenvalue weighted by Crippen LogP contribution is -2.37. The molecule has 0 radical (unpaired) electrons. The Kier molecular flexibility index (Phi) is 7.41. The molecule has 1 aliphatic carbocycles. The first-order valence-electron chi connectivity index (χ1n) is 8.59. The summed E-state index contributed by atoms with van der Waals surface area (Å²) in [7, 11) is 0.